The van der Waals surface area contributed by atoms with E-state index in [1.807, 2.05) is 32.0 Å². The molecule has 0 aliphatic heterocycles. The van der Waals surface area contributed by atoms with Crippen molar-refractivity contribution in [3.8, 4) is 11.3 Å². The van der Waals surface area contributed by atoms with E-state index in [1.54, 1.807) is 6.07 Å². The molecule has 2 rings (SSSR count). The van der Waals surface area contributed by atoms with E-state index in [2.05, 4.69) is 5.10 Å². The first-order chi connectivity index (χ1) is 8.97. The molecule has 0 radical (unpaired) electrons. The smallest absolute Gasteiger partial charge is 0.267 e. The van der Waals surface area contributed by atoms with Crippen LogP contribution < -0.4 is 11.3 Å². The summed E-state index contributed by atoms with van der Waals surface area (Å²) in [6.07, 6.45) is 0. The van der Waals surface area contributed by atoms with Crippen LogP contribution in [0.5, 0.6) is 0 Å². The summed E-state index contributed by atoms with van der Waals surface area (Å²) in [6.45, 7) is 3.75. The lowest BCUT2D eigenvalue weighted by Gasteiger charge is -2.08. The summed E-state index contributed by atoms with van der Waals surface area (Å²) in [5.74, 6) is -0.590. The lowest BCUT2D eigenvalue weighted by molar-refractivity contribution is -0.118. The van der Waals surface area contributed by atoms with E-state index in [1.165, 1.54) is 6.07 Å². The standard InChI is InChI=1S/C14H15N3O2/c1-9-3-4-10(2)11(7-9)12-5-6-14(19)17(16-12)8-13(15)18/h3-7H,8H2,1-2H3,(H2,15,18). The lowest BCUT2D eigenvalue weighted by Crippen LogP contribution is -2.29. The number of carbonyl (C=O) groups is 1. The molecule has 5 nitrogen and oxygen atoms in total. The van der Waals surface area contributed by atoms with Crippen LogP contribution in [0.15, 0.2) is 35.1 Å². The van der Waals surface area contributed by atoms with Gasteiger partial charge in [0.1, 0.15) is 6.54 Å². The van der Waals surface area contributed by atoms with Crippen LogP contribution in [-0.4, -0.2) is 15.7 Å². The Morgan fingerprint density at radius 1 is 1.26 bits per heavy atom. The van der Waals surface area contributed by atoms with Crippen molar-refractivity contribution < 1.29 is 4.79 Å². The Morgan fingerprint density at radius 3 is 2.68 bits per heavy atom. The number of primary amides is 1. The van der Waals surface area contributed by atoms with Crippen molar-refractivity contribution in [1.29, 1.82) is 0 Å². The minimum Gasteiger partial charge on any atom is -0.368 e. The lowest BCUT2D eigenvalue weighted by atomic mass is 10.0. The fourth-order valence-electron chi connectivity index (χ4n) is 1.87. The summed E-state index contributed by atoms with van der Waals surface area (Å²) in [5, 5.41) is 4.19. The number of nitrogens with zero attached hydrogens (tertiary/aromatic N) is 2. The molecule has 1 aromatic heterocycles. The molecule has 0 fully saturated rings. The second-order valence-electron chi connectivity index (χ2n) is 4.50. The van der Waals surface area contributed by atoms with Crippen LogP contribution in [-0.2, 0) is 11.3 Å². The topological polar surface area (TPSA) is 78.0 Å². The van der Waals surface area contributed by atoms with Crippen LogP contribution in [0, 0.1) is 13.8 Å². The molecule has 1 amide bonds. The van der Waals surface area contributed by atoms with Crippen LogP contribution in [0.4, 0.5) is 0 Å². The van der Waals surface area contributed by atoms with E-state index in [9.17, 15) is 9.59 Å². The number of benzene rings is 1. The van der Waals surface area contributed by atoms with Gasteiger partial charge in [0.15, 0.2) is 0 Å². The van der Waals surface area contributed by atoms with Gasteiger partial charge < -0.3 is 5.73 Å². The predicted octanol–water partition coefficient (Wildman–Crippen LogP) is 1.01. The van der Waals surface area contributed by atoms with Gasteiger partial charge in [0.05, 0.1) is 5.69 Å². The summed E-state index contributed by atoms with van der Waals surface area (Å²) < 4.78 is 1.08. The molecule has 5 heteroatoms. The maximum atomic E-state index is 11.6. The third-order valence-corrected chi connectivity index (χ3v) is 2.84. The Kier molecular flexibility index (Phi) is 3.46. The number of carbonyl (C=O) groups excluding carboxylic acids is 1. The largest absolute Gasteiger partial charge is 0.368 e. The molecule has 1 aromatic carbocycles. The van der Waals surface area contributed by atoms with Crippen LogP contribution >= 0.6 is 0 Å². The molecule has 0 atom stereocenters. The van der Waals surface area contributed by atoms with Gasteiger partial charge in [-0.25, -0.2) is 4.68 Å². The average molecular weight is 257 g/mol. The molecular weight excluding hydrogens is 242 g/mol. The van der Waals surface area contributed by atoms with Gasteiger partial charge in [0.25, 0.3) is 5.56 Å². The van der Waals surface area contributed by atoms with Crippen molar-refractivity contribution in [1.82, 2.24) is 9.78 Å². The molecule has 0 saturated carbocycles. The van der Waals surface area contributed by atoms with Gasteiger partial charge in [-0.2, -0.15) is 5.10 Å². The van der Waals surface area contributed by atoms with Gasteiger partial charge in [0, 0.05) is 11.6 Å². The molecule has 1 heterocycles. The number of aromatic nitrogens is 2. The normalized spacial score (nSPS) is 10.4. The highest BCUT2D eigenvalue weighted by Crippen LogP contribution is 2.21. The Hall–Kier alpha value is -2.43. The van der Waals surface area contributed by atoms with Crippen LogP contribution in [0.3, 0.4) is 0 Å². The Balaban J connectivity index is 2.54. The molecule has 0 unspecified atom stereocenters. The van der Waals surface area contributed by atoms with Crippen LogP contribution in [0.1, 0.15) is 11.1 Å². The highest BCUT2D eigenvalue weighted by Gasteiger charge is 2.07. The molecule has 0 spiro atoms. The number of rotatable bonds is 3. The average Bonchev–Trinajstić information content (AvgIpc) is 2.34. The minimum absolute atomic E-state index is 0.211. The Morgan fingerprint density at radius 2 is 2.00 bits per heavy atom. The monoisotopic (exact) mass is 257 g/mol. The third-order valence-electron chi connectivity index (χ3n) is 2.84. The van der Waals surface area contributed by atoms with Crippen molar-refractivity contribution in [3.05, 3.63) is 51.8 Å². The highest BCUT2D eigenvalue weighted by atomic mass is 16.2. The van der Waals surface area contributed by atoms with Crippen molar-refractivity contribution in [2.45, 2.75) is 20.4 Å². The summed E-state index contributed by atoms with van der Waals surface area (Å²) in [7, 11) is 0. The van der Waals surface area contributed by atoms with Gasteiger partial charge in [0.2, 0.25) is 5.91 Å². The van der Waals surface area contributed by atoms with E-state index >= 15 is 0 Å². The quantitative estimate of drug-likeness (QED) is 0.891. The third kappa shape index (κ3) is 2.88. The maximum absolute atomic E-state index is 11.6. The molecule has 2 aromatic rings. The fraction of sp³-hybridized carbons (Fsp3) is 0.214. The molecule has 0 bridgehead atoms. The van der Waals surface area contributed by atoms with Crippen LogP contribution in [0.2, 0.25) is 0 Å². The highest BCUT2D eigenvalue weighted by molar-refractivity contribution is 5.73. The predicted molar refractivity (Wildman–Crippen MR) is 72.6 cm³/mol. The second-order valence-corrected chi connectivity index (χ2v) is 4.50. The summed E-state index contributed by atoms with van der Waals surface area (Å²) >= 11 is 0. The van der Waals surface area contributed by atoms with Crippen molar-refractivity contribution >= 4 is 5.91 Å². The first kappa shape index (κ1) is 13.0. The maximum Gasteiger partial charge on any atom is 0.267 e. The summed E-state index contributed by atoms with van der Waals surface area (Å²) in [6, 6.07) is 9.06. The van der Waals surface area contributed by atoms with Gasteiger partial charge >= 0.3 is 0 Å². The van der Waals surface area contributed by atoms with E-state index < -0.39 is 5.91 Å². The molecule has 2 N–H and O–H groups in total. The van der Waals surface area contributed by atoms with Crippen LogP contribution in [0.25, 0.3) is 11.3 Å². The number of amides is 1. The SMILES string of the molecule is Cc1ccc(C)c(-c2ccc(=O)n(CC(N)=O)n2)c1. The zero-order valence-corrected chi connectivity index (χ0v) is 10.9. The van der Waals surface area contributed by atoms with Crippen molar-refractivity contribution in [3.63, 3.8) is 0 Å². The number of nitrogens with two attached hydrogens (primary N) is 1. The number of hydrogen-bond donors (Lipinski definition) is 1. The molecule has 98 valence electrons. The summed E-state index contributed by atoms with van der Waals surface area (Å²) in [5.41, 5.74) is 8.52. The Bertz CT molecular complexity index is 689. The number of aryl methyl sites for hydroxylation is 2. The molecular formula is C14H15N3O2. The van der Waals surface area contributed by atoms with Gasteiger partial charge in [-0.1, -0.05) is 17.7 Å². The van der Waals surface area contributed by atoms with E-state index in [-0.39, 0.29) is 12.1 Å². The molecule has 0 aliphatic carbocycles. The van der Waals surface area contributed by atoms with E-state index in [0.29, 0.717) is 5.69 Å². The molecule has 0 saturated heterocycles. The van der Waals surface area contributed by atoms with Gasteiger partial charge in [-0.05, 0) is 31.5 Å². The van der Waals surface area contributed by atoms with Crippen molar-refractivity contribution in [2.24, 2.45) is 5.73 Å². The minimum atomic E-state index is -0.590. The van der Waals surface area contributed by atoms with E-state index in [0.717, 1.165) is 21.4 Å². The van der Waals surface area contributed by atoms with E-state index in [4.69, 9.17) is 5.73 Å². The first-order valence-corrected chi connectivity index (χ1v) is 5.91. The van der Waals surface area contributed by atoms with Crippen molar-refractivity contribution in [2.75, 3.05) is 0 Å². The fourth-order valence-corrected chi connectivity index (χ4v) is 1.87. The molecule has 0 aliphatic rings. The van der Waals surface area contributed by atoms with Gasteiger partial charge in [-0.15, -0.1) is 0 Å². The van der Waals surface area contributed by atoms with Gasteiger partial charge in [-0.3, -0.25) is 9.59 Å². The second kappa shape index (κ2) is 5.06. The summed E-state index contributed by atoms with van der Waals surface area (Å²) in [4.78, 5) is 22.5. The first-order valence-electron chi connectivity index (χ1n) is 5.91. The molecule has 19 heavy (non-hydrogen) atoms. The zero-order valence-electron chi connectivity index (χ0n) is 10.9. The zero-order chi connectivity index (χ0) is 14.0. The number of hydrogen-bond acceptors (Lipinski definition) is 3. The Labute approximate surface area is 110 Å².